The Kier molecular flexibility index (Phi) is 9.59. The van der Waals surface area contributed by atoms with E-state index in [4.69, 9.17) is 5.11 Å². The van der Waals surface area contributed by atoms with E-state index in [0.717, 1.165) is 32.1 Å². The van der Waals surface area contributed by atoms with Crippen LogP contribution in [0.25, 0.3) is 0 Å². The highest BCUT2D eigenvalue weighted by Crippen LogP contribution is 2.10. The summed E-state index contributed by atoms with van der Waals surface area (Å²) in [6.45, 7) is 1.82. The molecule has 0 rings (SSSR count). The first-order valence-corrected chi connectivity index (χ1v) is 6.01. The van der Waals surface area contributed by atoms with Crippen molar-refractivity contribution in [2.24, 2.45) is 0 Å². The van der Waals surface area contributed by atoms with Gasteiger partial charge >= 0.3 is 0 Å². The van der Waals surface area contributed by atoms with Crippen LogP contribution in [0.5, 0.6) is 0 Å². The Labute approximate surface area is 92.5 Å². The van der Waals surface area contributed by atoms with Gasteiger partial charge < -0.3 is 15.0 Å². The minimum absolute atomic E-state index is 0.173. The molecule has 0 aliphatic heterocycles. The van der Waals surface area contributed by atoms with Crippen molar-refractivity contribution in [3.63, 3.8) is 0 Å². The second kappa shape index (κ2) is 9.97. The van der Waals surface area contributed by atoms with E-state index in [1.54, 1.807) is 0 Å². The monoisotopic (exact) mass is 215 g/mol. The number of aliphatic carboxylic acids is 1. The molecular formula is C12H23O3-. The lowest BCUT2D eigenvalue weighted by molar-refractivity contribution is -0.305. The minimum atomic E-state index is -0.938. The van der Waals surface area contributed by atoms with Crippen LogP contribution in [0.3, 0.4) is 0 Å². The predicted octanol–water partition coefficient (Wildman–Crippen LogP) is 1.63. The summed E-state index contributed by atoms with van der Waals surface area (Å²) in [6, 6.07) is 0. The molecule has 0 aromatic carbocycles. The van der Waals surface area contributed by atoms with Crippen molar-refractivity contribution in [1.82, 2.24) is 0 Å². The van der Waals surface area contributed by atoms with Crippen LogP contribution < -0.4 is 5.11 Å². The maximum Gasteiger partial charge on any atom is 0.0512 e. The van der Waals surface area contributed by atoms with Crippen LogP contribution in [0.15, 0.2) is 0 Å². The molecule has 0 fully saturated rings. The fourth-order valence-electron chi connectivity index (χ4n) is 1.59. The number of carbonyl (C=O) groups is 1. The zero-order valence-electron chi connectivity index (χ0n) is 9.71. The van der Waals surface area contributed by atoms with E-state index in [-0.39, 0.29) is 12.5 Å². The highest BCUT2D eigenvalue weighted by Gasteiger charge is 1.95. The molecule has 0 aliphatic carbocycles. The molecule has 0 saturated carbocycles. The van der Waals surface area contributed by atoms with Crippen LogP contribution >= 0.6 is 0 Å². The van der Waals surface area contributed by atoms with Crippen LogP contribution in [0.1, 0.15) is 64.7 Å². The van der Waals surface area contributed by atoms with Crippen LogP contribution in [-0.4, -0.2) is 17.2 Å². The van der Waals surface area contributed by atoms with Gasteiger partial charge in [-0.15, -0.1) is 0 Å². The van der Waals surface area contributed by atoms with Gasteiger partial charge in [-0.25, -0.2) is 0 Å². The summed E-state index contributed by atoms with van der Waals surface area (Å²) in [7, 11) is 0. The number of aliphatic hydroxyl groups is 1. The van der Waals surface area contributed by atoms with E-state index in [1.165, 1.54) is 19.3 Å². The average molecular weight is 215 g/mol. The van der Waals surface area contributed by atoms with Crippen molar-refractivity contribution >= 4 is 5.97 Å². The molecule has 90 valence electrons. The van der Waals surface area contributed by atoms with Gasteiger partial charge in [0.15, 0.2) is 0 Å². The van der Waals surface area contributed by atoms with E-state index >= 15 is 0 Å². The van der Waals surface area contributed by atoms with E-state index < -0.39 is 5.97 Å². The van der Waals surface area contributed by atoms with Crippen molar-refractivity contribution in [3.8, 4) is 0 Å². The summed E-state index contributed by atoms with van der Waals surface area (Å²) in [6.07, 6.45) is 8.40. The molecule has 0 radical (unpaired) electrons. The van der Waals surface area contributed by atoms with Gasteiger partial charge in [-0.2, -0.15) is 0 Å². The summed E-state index contributed by atoms with van der Waals surface area (Å²) in [5, 5.41) is 19.1. The summed E-state index contributed by atoms with van der Waals surface area (Å²) in [4.78, 5) is 10.1. The number of carboxylic acids is 1. The van der Waals surface area contributed by atoms with Crippen molar-refractivity contribution in [2.45, 2.75) is 70.8 Å². The molecule has 0 aliphatic rings. The highest BCUT2D eigenvalue weighted by atomic mass is 16.4. The molecule has 0 saturated heterocycles. The Morgan fingerprint density at radius 1 is 1.07 bits per heavy atom. The molecule has 0 amide bonds. The van der Waals surface area contributed by atoms with Gasteiger partial charge in [-0.05, 0) is 26.2 Å². The average Bonchev–Trinajstić information content (AvgIpc) is 2.14. The van der Waals surface area contributed by atoms with Crippen LogP contribution in [0, 0.1) is 0 Å². The van der Waals surface area contributed by atoms with Gasteiger partial charge in [-0.1, -0.05) is 38.5 Å². The first-order chi connectivity index (χ1) is 7.13. The Bertz CT molecular complexity index is 155. The summed E-state index contributed by atoms with van der Waals surface area (Å²) >= 11 is 0. The molecule has 0 heterocycles. The van der Waals surface area contributed by atoms with Gasteiger partial charge in [0.25, 0.3) is 0 Å². The maximum absolute atomic E-state index is 10.1. The Balaban J connectivity index is 2.96. The Morgan fingerprint density at radius 2 is 1.53 bits per heavy atom. The number of aliphatic hydroxyl groups excluding tert-OH is 1. The van der Waals surface area contributed by atoms with Gasteiger partial charge in [0, 0.05) is 5.97 Å². The van der Waals surface area contributed by atoms with Gasteiger partial charge in [0.1, 0.15) is 0 Å². The van der Waals surface area contributed by atoms with Crippen molar-refractivity contribution in [1.29, 1.82) is 0 Å². The standard InChI is InChI=1S/C12H24O3/c1-11(13)9-7-5-3-2-4-6-8-10-12(14)15/h11,13H,2-10H2,1H3,(H,14,15)/p-1/t11-/m1/s1. The second-order valence-electron chi connectivity index (χ2n) is 4.23. The third kappa shape index (κ3) is 13.4. The summed E-state index contributed by atoms with van der Waals surface area (Å²) in [5.74, 6) is -0.938. The highest BCUT2D eigenvalue weighted by molar-refractivity contribution is 5.63. The SMILES string of the molecule is C[C@@H](O)CCCCCCCCCC(=O)[O-]. The van der Waals surface area contributed by atoms with E-state index in [0.29, 0.717) is 0 Å². The number of hydrogen-bond donors (Lipinski definition) is 1. The quantitative estimate of drug-likeness (QED) is 0.563. The fourth-order valence-corrected chi connectivity index (χ4v) is 1.59. The third-order valence-corrected chi connectivity index (χ3v) is 2.50. The molecule has 3 nitrogen and oxygen atoms in total. The molecule has 0 bridgehead atoms. The van der Waals surface area contributed by atoms with Gasteiger partial charge in [0.05, 0.1) is 6.10 Å². The van der Waals surface area contributed by atoms with Crippen molar-refractivity contribution in [3.05, 3.63) is 0 Å². The lowest BCUT2D eigenvalue weighted by Gasteiger charge is -2.04. The molecule has 0 unspecified atom stereocenters. The van der Waals surface area contributed by atoms with Crippen LogP contribution in [-0.2, 0) is 4.79 Å². The molecular weight excluding hydrogens is 192 g/mol. The number of carbonyl (C=O) groups excluding carboxylic acids is 1. The lowest BCUT2D eigenvalue weighted by atomic mass is 10.1. The first kappa shape index (κ1) is 14.4. The number of hydrogen-bond acceptors (Lipinski definition) is 3. The van der Waals surface area contributed by atoms with E-state index in [1.807, 2.05) is 6.92 Å². The smallest absolute Gasteiger partial charge is 0.0512 e. The fraction of sp³-hybridized carbons (Fsp3) is 0.917. The molecule has 0 aromatic heterocycles. The molecule has 1 atom stereocenters. The van der Waals surface area contributed by atoms with Gasteiger partial charge in [0.2, 0.25) is 0 Å². The molecule has 1 N–H and O–H groups in total. The molecule has 0 aromatic rings. The van der Waals surface area contributed by atoms with Crippen molar-refractivity contribution < 1.29 is 15.0 Å². The minimum Gasteiger partial charge on any atom is -0.550 e. The zero-order valence-corrected chi connectivity index (χ0v) is 9.71. The Morgan fingerprint density at radius 3 is 2.00 bits per heavy atom. The number of unbranched alkanes of at least 4 members (excludes halogenated alkanes) is 6. The number of rotatable bonds is 10. The van der Waals surface area contributed by atoms with Crippen LogP contribution in [0.4, 0.5) is 0 Å². The topological polar surface area (TPSA) is 60.4 Å². The zero-order chi connectivity index (χ0) is 11.5. The lowest BCUT2D eigenvalue weighted by Crippen LogP contribution is -2.21. The molecule has 3 heteroatoms. The van der Waals surface area contributed by atoms with Gasteiger partial charge in [-0.3, -0.25) is 0 Å². The normalized spacial score (nSPS) is 12.7. The molecule has 15 heavy (non-hydrogen) atoms. The van der Waals surface area contributed by atoms with Crippen molar-refractivity contribution in [2.75, 3.05) is 0 Å². The predicted molar refractivity (Wildman–Crippen MR) is 58.2 cm³/mol. The molecule has 0 spiro atoms. The largest absolute Gasteiger partial charge is 0.550 e. The number of carboxylic acid groups (broad SMARTS) is 1. The summed E-state index contributed by atoms with van der Waals surface area (Å²) in [5.41, 5.74) is 0. The Hall–Kier alpha value is -0.570. The third-order valence-electron chi connectivity index (χ3n) is 2.50. The maximum atomic E-state index is 10.1. The van der Waals surface area contributed by atoms with E-state index in [9.17, 15) is 9.90 Å². The first-order valence-electron chi connectivity index (χ1n) is 6.01. The van der Waals surface area contributed by atoms with E-state index in [2.05, 4.69) is 0 Å². The summed E-state index contributed by atoms with van der Waals surface area (Å²) < 4.78 is 0. The second-order valence-corrected chi connectivity index (χ2v) is 4.23. The van der Waals surface area contributed by atoms with Crippen LogP contribution in [0.2, 0.25) is 0 Å².